The third kappa shape index (κ3) is 2.90. The van der Waals surface area contributed by atoms with Gasteiger partial charge in [0.25, 0.3) is 0 Å². The molecule has 1 fully saturated rings. The van der Waals surface area contributed by atoms with Gasteiger partial charge in [-0.05, 0) is 19.9 Å². The molecule has 4 heteroatoms. The molecular weight excluding hydrogens is 216 g/mol. The molecule has 1 heterocycles. The number of phenolic OH excluding ortho intramolecular Hbond substituents is 2. The normalized spacial score (nSPS) is 26.0. The summed E-state index contributed by atoms with van der Waals surface area (Å²) in [7, 11) is 0. The summed E-state index contributed by atoms with van der Waals surface area (Å²) in [5.74, 6) is 0.274. The van der Waals surface area contributed by atoms with Gasteiger partial charge >= 0.3 is 0 Å². The standard InChI is InChI=1S/C13H20N2O2/c1-9-7-15(10(2)6-14-9)8-11-3-4-12(16)5-13(11)17/h3-5,9-10,14,16-17H,6-8H2,1-2H3. The maximum atomic E-state index is 9.77. The Labute approximate surface area is 102 Å². The fourth-order valence-electron chi connectivity index (χ4n) is 2.22. The van der Waals surface area contributed by atoms with Crippen molar-refractivity contribution < 1.29 is 10.2 Å². The number of piperazine rings is 1. The molecule has 0 saturated carbocycles. The minimum atomic E-state index is 0.105. The van der Waals surface area contributed by atoms with E-state index in [1.807, 2.05) is 0 Å². The molecule has 4 nitrogen and oxygen atoms in total. The quantitative estimate of drug-likeness (QED) is 0.724. The number of nitrogens with zero attached hydrogens (tertiary/aromatic N) is 1. The number of benzene rings is 1. The average molecular weight is 236 g/mol. The number of phenols is 2. The fourth-order valence-corrected chi connectivity index (χ4v) is 2.22. The van der Waals surface area contributed by atoms with Crippen LogP contribution in [0, 0.1) is 0 Å². The van der Waals surface area contributed by atoms with Crippen molar-refractivity contribution in [2.75, 3.05) is 13.1 Å². The summed E-state index contributed by atoms with van der Waals surface area (Å²) in [6.45, 7) is 7.01. The Kier molecular flexibility index (Phi) is 3.54. The van der Waals surface area contributed by atoms with E-state index in [1.165, 1.54) is 6.07 Å². The summed E-state index contributed by atoms with van der Waals surface area (Å²) in [6.07, 6.45) is 0. The zero-order valence-electron chi connectivity index (χ0n) is 10.3. The van der Waals surface area contributed by atoms with E-state index < -0.39 is 0 Å². The second-order valence-corrected chi connectivity index (χ2v) is 4.90. The van der Waals surface area contributed by atoms with Crippen LogP contribution in [0.15, 0.2) is 18.2 Å². The van der Waals surface area contributed by atoms with E-state index in [-0.39, 0.29) is 11.5 Å². The highest BCUT2D eigenvalue weighted by Crippen LogP contribution is 2.24. The molecule has 0 bridgehead atoms. The van der Waals surface area contributed by atoms with E-state index in [0.29, 0.717) is 12.1 Å². The van der Waals surface area contributed by atoms with E-state index in [0.717, 1.165) is 25.2 Å². The van der Waals surface area contributed by atoms with Crippen molar-refractivity contribution in [3.63, 3.8) is 0 Å². The van der Waals surface area contributed by atoms with Gasteiger partial charge in [0, 0.05) is 43.3 Å². The second-order valence-electron chi connectivity index (χ2n) is 4.90. The van der Waals surface area contributed by atoms with Crippen molar-refractivity contribution in [3.8, 4) is 11.5 Å². The van der Waals surface area contributed by atoms with Gasteiger partial charge < -0.3 is 15.5 Å². The van der Waals surface area contributed by atoms with Crippen molar-refractivity contribution >= 4 is 0 Å². The van der Waals surface area contributed by atoms with Crippen LogP contribution in [0.2, 0.25) is 0 Å². The van der Waals surface area contributed by atoms with Gasteiger partial charge in [-0.3, -0.25) is 4.90 Å². The van der Waals surface area contributed by atoms with Crippen LogP contribution in [0.3, 0.4) is 0 Å². The van der Waals surface area contributed by atoms with Crippen LogP contribution in [-0.4, -0.2) is 40.3 Å². The summed E-state index contributed by atoms with van der Waals surface area (Å²) >= 11 is 0. The summed E-state index contributed by atoms with van der Waals surface area (Å²) in [5, 5.41) is 22.5. The maximum Gasteiger partial charge on any atom is 0.123 e. The molecule has 1 aliphatic heterocycles. The molecule has 1 aromatic rings. The first-order valence-electron chi connectivity index (χ1n) is 6.04. The molecule has 17 heavy (non-hydrogen) atoms. The Morgan fingerprint density at radius 1 is 1.35 bits per heavy atom. The van der Waals surface area contributed by atoms with E-state index in [2.05, 4.69) is 24.1 Å². The maximum absolute atomic E-state index is 9.77. The molecule has 0 aromatic heterocycles. The minimum absolute atomic E-state index is 0.105. The summed E-state index contributed by atoms with van der Waals surface area (Å²) in [4.78, 5) is 2.34. The molecular formula is C13H20N2O2. The highest BCUT2D eigenvalue weighted by Gasteiger charge is 2.22. The molecule has 2 unspecified atom stereocenters. The van der Waals surface area contributed by atoms with Gasteiger partial charge in [0.15, 0.2) is 0 Å². The van der Waals surface area contributed by atoms with Crippen LogP contribution in [0.25, 0.3) is 0 Å². The van der Waals surface area contributed by atoms with Crippen LogP contribution in [0.4, 0.5) is 0 Å². The third-order valence-corrected chi connectivity index (χ3v) is 3.34. The monoisotopic (exact) mass is 236 g/mol. The molecule has 0 spiro atoms. The number of nitrogens with one attached hydrogen (secondary N) is 1. The Hall–Kier alpha value is -1.26. The largest absolute Gasteiger partial charge is 0.508 e. The predicted molar refractivity (Wildman–Crippen MR) is 67.1 cm³/mol. The number of hydrogen-bond acceptors (Lipinski definition) is 4. The van der Waals surface area contributed by atoms with E-state index in [9.17, 15) is 10.2 Å². The molecule has 2 rings (SSSR count). The summed E-state index contributed by atoms with van der Waals surface area (Å²) in [6, 6.07) is 5.73. The Morgan fingerprint density at radius 3 is 2.82 bits per heavy atom. The van der Waals surface area contributed by atoms with Gasteiger partial charge in [-0.1, -0.05) is 6.07 Å². The van der Waals surface area contributed by atoms with Gasteiger partial charge in [-0.2, -0.15) is 0 Å². The first-order chi connectivity index (χ1) is 8.06. The van der Waals surface area contributed by atoms with Crippen LogP contribution in [0.1, 0.15) is 19.4 Å². The van der Waals surface area contributed by atoms with Crippen LogP contribution >= 0.6 is 0 Å². The molecule has 0 radical (unpaired) electrons. The highest BCUT2D eigenvalue weighted by atomic mass is 16.3. The first kappa shape index (κ1) is 12.2. The van der Waals surface area contributed by atoms with E-state index in [4.69, 9.17) is 0 Å². The van der Waals surface area contributed by atoms with Crippen molar-refractivity contribution in [2.24, 2.45) is 0 Å². The topological polar surface area (TPSA) is 55.7 Å². The van der Waals surface area contributed by atoms with Gasteiger partial charge in [0.1, 0.15) is 11.5 Å². The lowest BCUT2D eigenvalue weighted by Crippen LogP contribution is -2.53. The zero-order chi connectivity index (χ0) is 12.4. The fraction of sp³-hybridized carbons (Fsp3) is 0.538. The van der Waals surface area contributed by atoms with Crippen molar-refractivity contribution in [2.45, 2.75) is 32.5 Å². The lowest BCUT2D eigenvalue weighted by atomic mass is 10.1. The van der Waals surface area contributed by atoms with Gasteiger partial charge in [-0.25, -0.2) is 0 Å². The van der Waals surface area contributed by atoms with Gasteiger partial charge in [0.2, 0.25) is 0 Å². The van der Waals surface area contributed by atoms with Crippen LogP contribution in [0.5, 0.6) is 11.5 Å². The molecule has 2 atom stereocenters. The second kappa shape index (κ2) is 4.94. The minimum Gasteiger partial charge on any atom is -0.508 e. The number of hydrogen-bond donors (Lipinski definition) is 3. The zero-order valence-corrected chi connectivity index (χ0v) is 10.3. The molecule has 1 aliphatic rings. The smallest absolute Gasteiger partial charge is 0.123 e. The lowest BCUT2D eigenvalue weighted by molar-refractivity contribution is 0.137. The lowest BCUT2D eigenvalue weighted by Gasteiger charge is -2.37. The van der Waals surface area contributed by atoms with Crippen molar-refractivity contribution in [1.29, 1.82) is 0 Å². The van der Waals surface area contributed by atoms with Crippen molar-refractivity contribution in [1.82, 2.24) is 10.2 Å². The van der Waals surface area contributed by atoms with Crippen molar-refractivity contribution in [3.05, 3.63) is 23.8 Å². The summed E-state index contributed by atoms with van der Waals surface area (Å²) < 4.78 is 0. The Bertz CT molecular complexity index is 395. The molecule has 1 aromatic carbocycles. The molecule has 3 N–H and O–H groups in total. The van der Waals surface area contributed by atoms with Crippen LogP contribution < -0.4 is 5.32 Å². The van der Waals surface area contributed by atoms with E-state index in [1.54, 1.807) is 12.1 Å². The molecule has 94 valence electrons. The Balaban J connectivity index is 2.08. The Morgan fingerprint density at radius 2 is 2.12 bits per heavy atom. The summed E-state index contributed by atoms with van der Waals surface area (Å²) in [5.41, 5.74) is 0.865. The van der Waals surface area contributed by atoms with E-state index >= 15 is 0 Å². The number of rotatable bonds is 2. The SMILES string of the molecule is CC1CN(Cc2ccc(O)cc2O)C(C)CN1. The van der Waals surface area contributed by atoms with Crippen LogP contribution in [-0.2, 0) is 6.54 Å². The number of aromatic hydroxyl groups is 2. The predicted octanol–water partition coefficient (Wildman–Crippen LogP) is 1.28. The van der Waals surface area contributed by atoms with Gasteiger partial charge in [0.05, 0.1) is 0 Å². The average Bonchev–Trinajstić information content (AvgIpc) is 2.27. The highest BCUT2D eigenvalue weighted by molar-refractivity contribution is 5.38. The molecule has 1 saturated heterocycles. The molecule has 0 amide bonds. The first-order valence-corrected chi connectivity index (χ1v) is 6.04. The van der Waals surface area contributed by atoms with Gasteiger partial charge in [-0.15, -0.1) is 0 Å². The third-order valence-electron chi connectivity index (χ3n) is 3.34. The molecule has 0 aliphatic carbocycles.